The number of amidine groups is 1. The molecule has 4 aliphatic rings. The average molecular weight is 531 g/mol. The van der Waals surface area contributed by atoms with Gasteiger partial charge in [-0.25, -0.2) is 4.99 Å². The van der Waals surface area contributed by atoms with Gasteiger partial charge in [0.2, 0.25) is 0 Å². The van der Waals surface area contributed by atoms with E-state index in [1.807, 2.05) is 0 Å². The van der Waals surface area contributed by atoms with Crippen molar-refractivity contribution in [1.29, 1.82) is 0 Å². The third kappa shape index (κ3) is 8.13. The molecular weight excluding hydrogens is 480 g/mol. The van der Waals surface area contributed by atoms with Crippen molar-refractivity contribution in [3.8, 4) is 0 Å². The fourth-order valence-corrected chi connectivity index (χ4v) is 6.82. The Balaban J connectivity index is 1.32. The Labute approximate surface area is 236 Å². The van der Waals surface area contributed by atoms with E-state index in [0.29, 0.717) is 5.92 Å². The molecule has 1 atom stereocenters. The van der Waals surface area contributed by atoms with Crippen LogP contribution in [0.4, 0.5) is 5.69 Å². The number of pyridine rings is 1. The first-order chi connectivity index (χ1) is 19.2. The minimum Gasteiger partial charge on any atom is -0.381 e. The number of nitrogens with one attached hydrogen (secondary N) is 1. The van der Waals surface area contributed by atoms with Crippen molar-refractivity contribution in [2.24, 2.45) is 27.7 Å². The monoisotopic (exact) mass is 530 g/mol. The highest BCUT2D eigenvalue weighted by molar-refractivity contribution is 5.97. The van der Waals surface area contributed by atoms with E-state index in [4.69, 9.17) is 19.7 Å². The number of aromatic nitrogens is 1. The molecule has 3 aliphatic heterocycles. The Morgan fingerprint density at radius 3 is 2.59 bits per heavy atom. The molecule has 1 N–H and O–H groups in total. The fourth-order valence-electron chi connectivity index (χ4n) is 6.82. The maximum absolute atomic E-state index is 5.52. The number of ether oxygens (including phenoxy) is 1. The molecule has 2 fully saturated rings. The maximum atomic E-state index is 5.52. The predicted octanol–water partition coefficient (Wildman–Crippen LogP) is 8.74. The van der Waals surface area contributed by atoms with Crippen molar-refractivity contribution < 1.29 is 4.74 Å². The Morgan fingerprint density at radius 2 is 1.77 bits per heavy atom. The van der Waals surface area contributed by atoms with Gasteiger partial charge in [-0.15, -0.1) is 0 Å². The third-order valence-corrected chi connectivity index (χ3v) is 9.42. The van der Waals surface area contributed by atoms with Crippen molar-refractivity contribution in [2.75, 3.05) is 18.5 Å². The second-order valence-electron chi connectivity index (χ2n) is 12.4. The van der Waals surface area contributed by atoms with Crippen LogP contribution in [0.3, 0.4) is 0 Å². The number of allylic oxidation sites excluding steroid dienone is 2. The van der Waals surface area contributed by atoms with Crippen molar-refractivity contribution in [2.45, 2.75) is 117 Å². The van der Waals surface area contributed by atoms with Crippen molar-refractivity contribution >= 4 is 17.7 Å². The van der Waals surface area contributed by atoms with Gasteiger partial charge in [0.05, 0.1) is 22.8 Å². The van der Waals surface area contributed by atoms with E-state index in [0.717, 1.165) is 92.2 Å². The van der Waals surface area contributed by atoms with Gasteiger partial charge < -0.3 is 10.1 Å². The molecule has 1 saturated heterocycles. The Hall–Kier alpha value is -2.27. The third-order valence-electron chi connectivity index (χ3n) is 9.42. The van der Waals surface area contributed by atoms with Crippen LogP contribution in [0.5, 0.6) is 0 Å². The summed E-state index contributed by atoms with van der Waals surface area (Å²) in [5, 5.41) is 3.71. The first-order valence-electron chi connectivity index (χ1n) is 16.0. The van der Waals surface area contributed by atoms with Gasteiger partial charge in [-0.3, -0.25) is 9.98 Å². The minimum atomic E-state index is 0.524. The molecule has 1 aromatic heterocycles. The number of hydrogen-bond donors (Lipinski definition) is 1. The summed E-state index contributed by atoms with van der Waals surface area (Å²) >= 11 is 0. The molecule has 1 saturated carbocycles. The Morgan fingerprint density at radius 1 is 0.949 bits per heavy atom. The lowest BCUT2D eigenvalue weighted by Gasteiger charge is -2.24. The highest BCUT2D eigenvalue weighted by atomic mass is 16.5. The van der Waals surface area contributed by atoms with Gasteiger partial charge in [0.15, 0.2) is 0 Å². The maximum Gasteiger partial charge on any atom is 0.107 e. The van der Waals surface area contributed by atoms with Crippen LogP contribution < -0.4 is 5.32 Å². The van der Waals surface area contributed by atoms with Crippen LogP contribution in [0.2, 0.25) is 0 Å². The molecule has 5 heteroatoms. The van der Waals surface area contributed by atoms with Gasteiger partial charge in [0.25, 0.3) is 0 Å². The number of aliphatic imine (C=N–C) groups is 2. The predicted molar refractivity (Wildman–Crippen MR) is 164 cm³/mol. The molecule has 1 unspecified atom stereocenters. The standard InChI is InChI=1S/C34H50N4O/c1-25-14-19-33(37-31-18-17-29(36-26(31)2)16-15-28-20-23-39-24-21-28)38-32(34-30(25)12-6-7-22-35-34)13-8-11-27-9-4-3-5-10-27/h13,17-18,22,25,27-28H,3-12,14-16,19-21,23-24H2,1-2H3,(H,37,38)/b32-13-. The fraction of sp³-hybridized carbons (Fsp3) is 0.676. The Bertz CT molecular complexity index is 1070. The lowest BCUT2D eigenvalue weighted by Crippen LogP contribution is -2.19. The first-order valence-corrected chi connectivity index (χ1v) is 16.0. The van der Waals surface area contributed by atoms with Gasteiger partial charge in [0.1, 0.15) is 5.84 Å². The van der Waals surface area contributed by atoms with Crippen LogP contribution in [0.1, 0.15) is 115 Å². The summed E-state index contributed by atoms with van der Waals surface area (Å²) in [7, 11) is 0. The molecule has 0 amide bonds. The lowest BCUT2D eigenvalue weighted by molar-refractivity contribution is 0.0639. The summed E-state index contributed by atoms with van der Waals surface area (Å²) in [6.45, 7) is 6.35. The molecule has 5 rings (SSSR count). The van der Waals surface area contributed by atoms with Gasteiger partial charge >= 0.3 is 0 Å². The molecule has 0 aromatic carbocycles. The average Bonchev–Trinajstić information content (AvgIpc) is 3.22. The molecule has 1 aliphatic carbocycles. The van der Waals surface area contributed by atoms with E-state index >= 15 is 0 Å². The van der Waals surface area contributed by atoms with Crippen LogP contribution in [-0.2, 0) is 11.2 Å². The van der Waals surface area contributed by atoms with Crippen LogP contribution in [0.15, 0.2) is 45.2 Å². The van der Waals surface area contributed by atoms with E-state index in [-0.39, 0.29) is 0 Å². The molecule has 39 heavy (non-hydrogen) atoms. The summed E-state index contributed by atoms with van der Waals surface area (Å²) in [5.41, 5.74) is 7.10. The van der Waals surface area contributed by atoms with Gasteiger partial charge in [-0.1, -0.05) is 45.1 Å². The molecule has 0 bridgehead atoms. The van der Waals surface area contributed by atoms with Gasteiger partial charge in [-0.2, -0.15) is 0 Å². The molecule has 5 nitrogen and oxygen atoms in total. The highest BCUT2D eigenvalue weighted by Gasteiger charge is 2.23. The summed E-state index contributed by atoms with van der Waals surface area (Å²) in [6, 6.07) is 4.42. The first kappa shape index (κ1) is 28.3. The highest BCUT2D eigenvalue weighted by Crippen LogP contribution is 2.35. The second-order valence-corrected chi connectivity index (χ2v) is 12.4. The largest absolute Gasteiger partial charge is 0.381 e. The molecule has 212 valence electrons. The normalized spacial score (nSPS) is 24.6. The number of hydrogen-bond acceptors (Lipinski definition) is 5. The molecule has 1 aromatic rings. The lowest BCUT2D eigenvalue weighted by atomic mass is 9.85. The molecule has 0 spiro atoms. The van der Waals surface area contributed by atoms with Crippen LogP contribution >= 0.6 is 0 Å². The second kappa shape index (κ2) is 14.4. The molecule has 0 radical (unpaired) electrons. The minimum absolute atomic E-state index is 0.524. The van der Waals surface area contributed by atoms with Gasteiger partial charge in [0, 0.05) is 31.5 Å². The van der Waals surface area contributed by atoms with Crippen LogP contribution in [0.25, 0.3) is 0 Å². The molecular formula is C34H50N4O. The van der Waals surface area contributed by atoms with E-state index in [2.05, 4.69) is 43.6 Å². The zero-order chi connectivity index (χ0) is 26.9. The van der Waals surface area contributed by atoms with E-state index in [1.54, 1.807) is 0 Å². The smallest absolute Gasteiger partial charge is 0.107 e. The number of anilines is 1. The zero-order valence-electron chi connectivity index (χ0n) is 24.5. The summed E-state index contributed by atoms with van der Waals surface area (Å²) in [4.78, 5) is 15.3. The summed E-state index contributed by atoms with van der Waals surface area (Å²) < 4.78 is 5.52. The SMILES string of the molecule is Cc1nc(CCC2CCOCC2)ccc1NC1=N/C(=C\CCC2CCCCC2)C2=C(CCCC=N2)C(C)CC1. The van der Waals surface area contributed by atoms with Crippen molar-refractivity contribution in [3.63, 3.8) is 0 Å². The zero-order valence-corrected chi connectivity index (χ0v) is 24.5. The van der Waals surface area contributed by atoms with Crippen LogP contribution in [-0.4, -0.2) is 30.2 Å². The van der Waals surface area contributed by atoms with E-state index in [9.17, 15) is 0 Å². The van der Waals surface area contributed by atoms with Crippen molar-refractivity contribution in [3.05, 3.63) is 46.6 Å². The van der Waals surface area contributed by atoms with Crippen LogP contribution in [0, 0.1) is 24.7 Å². The quantitative estimate of drug-likeness (QED) is 0.383. The summed E-state index contributed by atoms with van der Waals surface area (Å²) in [6.07, 6.45) is 24.0. The number of aryl methyl sites for hydroxylation is 2. The Kier molecular flexibility index (Phi) is 10.4. The molecule has 4 heterocycles. The number of nitrogens with zero attached hydrogens (tertiary/aromatic N) is 3. The van der Waals surface area contributed by atoms with E-state index in [1.165, 1.54) is 75.5 Å². The topological polar surface area (TPSA) is 58.9 Å². The van der Waals surface area contributed by atoms with E-state index < -0.39 is 0 Å². The van der Waals surface area contributed by atoms with Crippen molar-refractivity contribution in [1.82, 2.24) is 4.98 Å². The van der Waals surface area contributed by atoms with Gasteiger partial charge in [-0.05, 0) is 107 Å². The summed E-state index contributed by atoms with van der Waals surface area (Å²) in [5.74, 6) is 3.24. The number of rotatable bonds is 7.